The molecule has 1 aliphatic carbocycles. The number of anilines is 1. The second-order valence-electron chi connectivity index (χ2n) is 5.94. The van der Waals surface area contributed by atoms with Crippen LogP contribution in [0.3, 0.4) is 0 Å². The van der Waals surface area contributed by atoms with Crippen LogP contribution < -0.4 is 5.32 Å². The molecule has 1 aliphatic heterocycles. The van der Waals surface area contributed by atoms with Crippen LogP contribution in [0, 0.1) is 0 Å². The molecule has 3 nitrogen and oxygen atoms in total. The maximum Gasteiger partial charge on any atom is 0.418 e. The molecule has 4 rings (SSSR count). The number of fused-ring (bicyclic) bond motifs is 1. The molecule has 0 atom stereocenters. The molecule has 22 heavy (non-hydrogen) atoms. The van der Waals surface area contributed by atoms with Crippen LogP contribution >= 0.6 is 0 Å². The molecule has 1 aromatic heterocycles. The van der Waals surface area contributed by atoms with Crippen LogP contribution in [0.4, 0.5) is 19.0 Å². The van der Waals surface area contributed by atoms with Crippen LogP contribution in [0.25, 0.3) is 5.69 Å². The van der Waals surface area contributed by atoms with Gasteiger partial charge in [0.25, 0.3) is 0 Å². The molecule has 2 aromatic rings. The summed E-state index contributed by atoms with van der Waals surface area (Å²) in [4.78, 5) is 0. The van der Waals surface area contributed by atoms with Crippen LogP contribution in [-0.4, -0.2) is 16.3 Å². The number of hydrogen-bond donors (Lipinski definition) is 1. The average Bonchev–Trinajstić information content (AvgIpc) is 2.99. The van der Waals surface area contributed by atoms with E-state index in [1.165, 1.54) is 23.2 Å². The Bertz CT molecular complexity index is 714. The molecule has 0 amide bonds. The van der Waals surface area contributed by atoms with Gasteiger partial charge in [-0.1, -0.05) is 18.6 Å². The van der Waals surface area contributed by atoms with Crippen molar-refractivity contribution in [2.75, 3.05) is 11.9 Å². The lowest BCUT2D eigenvalue weighted by Gasteiger charge is -2.24. The lowest BCUT2D eigenvalue weighted by molar-refractivity contribution is -0.137. The maximum absolute atomic E-state index is 13.3. The van der Waals surface area contributed by atoms with Crippen LogP contribution in [0.2, 0.25) is 0 Å². The summed E-state index contributed by atoms with van der Waals surface area (Å²) in [5.41, 5.74) is 1.55. The highest BCUT2D eigenvalue weighted by atomic mass is 19.4. The second kappa shape index (κ2) is 4.76. The van der Waals surface area contributed by atoms with E-state index >= 15 is 0 Å². The molecule has 0 unspecified atom stereocenters. The van der Waals surface area contributed by atoms with Crippen molar-refractivity contribution in [2.45, 2.75) is 37.8 Å². The number of benzene rings is 1. The smallest absolute Gasteiger partial charge is 0.369 e. The molecule has 116 valence electrons. The largest absolute Gasteiger partial charge is 0.418 e. The summed E-state index contributed by atoms with van der Waals surface area (Å²) in [5.74, 6) is 1.14. The first kappa shape index (κ1) is 13.7. The van der Waals surface area contributed by atoms with Gasteiger partial charge in [0.2, 0.25) is 0 Å². The van der Waals surface area contributed by atoms with Gasteiger partial charge in [-0.3, -0.25) is 0 Å². The van der Waals surface area contributed by atoms with E-state index in [1.807, 2.05) is 0 Å². The summed E-state index contributed by atoms with van der Waals surface area (Å²) >= 11 is 0. The number of rotatable bonds is 2. The van der Waals surface area contributed by atoms with Gasteiger partial charge >= 0.3 is 6.18 Å². The molecule has 0 radical (unpaired) electrons. The molecule has 0 saturated heterocycles. The van der Waals surface area contributed by atoms with Gasteiger partial charge in [-0.2, -0.15) is 18.3 Å². The van der Waals surface area contributed by atoms with Gasteiger partial charge < -0.3 is 5.32 Å². The van der Waals surface area contributed by atoms with E-state index in [2.05, 4.69) is 10.4 Å². The Kier molecular flexibility index (Phi) is 2.96. The Morgan fingerprint density at radius 1 is 1.18 bits per heavy atom. The van der Waals surface area contributed by atoms with Gasteiger partial charge in [-0.25, -0.2) is 4.68 Å². The highest BCUT2D eigenvalue weighted by molar-refractivity contribution is 5.59. The number of nitrogens with one attached hydrogen (secondary N) is 1. The van der Waals surface area contributed by atoms with Gasteiger partial charge in [0.15, 0.2) is 0 Å². The Hall–Kier alpha value is -1.98. The quantitative estimate of drug-likeness (QED) is 0.904. The molecule has 0 spiro atoms. The molecular weight excluding hydrogens is 291 g/mol. The SMILES string of the molecule is FC(F)(F)c1ccccc1-n1nc(C2CCC2)c2c1NCC2. The molecule has 1 fully saturated rings. The molecule has 1 saturated carbocycles. The third-order valence-corrected chi connectivity index (χ3v) is 4.61. The lowest BCUT2D eigenvalue weighted by Crippen LogP contribution is -2.15. The van der Waals surface area contributed by atoms with Crippen molar-refractivity contribution in [3.63, 3.8) is 0 Å². The molecule has 1 aromatic carbocycles. The normalized spacial score (nSPS) is 18.0. The topological polar surface area (TPSA) is 29.9 Å². The minimum Gasteiger partial charge on any atom is -0.369 e. The van der Waals surface area contributed by atoms with Crippen molar-refractivity contribution in [1.29, 1.82) is 0 Å². The molecule has 2 aliphatic rings. The highest BCUT2D eigenvalue weighted by Gasteiger charge is 2.36. The first-order valence-corrected chi connectivity index (χ1v) is 7.58. The Labute approximate surface area is 126 Å². The summed E-state index contributed by atoms with van der Waals surface area (Å²) in [5, 5.41) is 7.75. The molecule has 2 heterocycles. The zero-order chi connectivity index (χ0) is 15.3. The van der Waals surface area contributed by atoms with E-state index < -0.39 is 11.7 Å². The number of nitrogens with zero attached hydrogens (tertiary/aromatic N) is 2. The number of para-hydroxylation sites is 1. The van der Waals surface area contributed by atoms with Crippen LogP contribution in [0.15, 0.2) is 24.3 Å². The van der Waals surface area contributed by atoms with Crippen molar-refractivity contribution in [2.24, 2.45) is 0 Å². The minimum absolute atomic E-state index is 0.103. The standard InChI is InChI=1S/C16H16F3N3/c17-16(18,19)12-6-1-2-7-13(12)22-15-11(8-9-20-15)14(21-22)10-4-3-5-10/h1-2,6-7,10,20H,3-5,8-9H2. The molecule has 6 heteroatoms. The number of hydrogen-bond acceptors (Lipinski definition) is 2. The highest BCUT2D eigenvalue weighted by Crippen LogP contribution is 2.43. The van der Waals surface area contributed by atoms with Crippen molar-refractivity contribution < 1.29 is 13.2 Å². The van der Waals surface area contributed by atoms with Crippen LogP contribution in [0.5, 0.6) is 0 Å². The van der Waals surface area contributed by atoms with E-state index in [9.17, 15) is 13.2 Å². The van der Waals surface area contributed by atoms with Gasteiger partial charge in [0.05, 0.1) is 16.9 Å². The maximum atomic E-state index is 13.3. The molecular formula is C16H16F3N3. The zero-order valence-corrected chi connectivity index (χ0v) is 12.0. The summed E-state index contributed by atoms with van der Waals surface area (Å²) in [7, 11) is 0. The lowest BCUT2D eigenvalue weighted by atomic mass is 9.81. The summed E-state index contributed by atoms with van der Waals surface area (Å²) in [6, 6.07) is 5.63. The van der Waals surface area contributed by atoms with E-state index in [0.717, 1.165) is 48.9 Å². The fraction of sp³-hybridized carbons (Fsp3) is 0.438. The first-order chi connectivity index (χ1) is 10.6. The van der Waals surface area contributed by atoms with Gasteiger partial charge in [-0.05, 0) is 31.4 Å². The van der Waals surface area contributed by atoms with Gasteiger partial charge in [-0.15, -0.1) is 0 Å². The minimum atomic E-state index is -4.38. The summed E-state index contributed by atoms with van der Waals surface area (Å²) in [6.07, 6.45) is -0.187. The monoisotopic (exact) mass is 307 g/mol. The number of alkyl halides is 3. The fourth-order valence-corrected chi connectivity index (χ4v) is 3.28. The van der Waals surface area contributed by atoms with Crippen molar-refractivity contribution in [3.8, 4) is 5.69 Å². The van der Waals surface area contributed by atoms with Crippen LogP contribution in [-0.2, 0) is 12.6 Å². The summed E-state index contributed by atoms with van der Waals surface area (Å²) < 4.78 is 41.3. The van der Waals surface area contributed by atoms with Crippen molar-refractivity contribution >= 4 is 5.82 Å². The van der Waals surface area contributed by atoms with Crippen molar-refractivity contribution in [1.82, 2.24) is 9.78 Å². The number of halogens is 3. The first-order valence-electron chi connectivity index (χ1n) is 7.58. The third-order valence-electron chi connectivity index (χ3n) is 4.61. The van der Waals surface area contributed by atoms with Gasteiger partial charge in [0, 0.05) is 18.0 Å². The predicted octanol–water partition coefficient (Wildman–Crippen LogP) is 4.13. The number of aromatic nitrogens is 2. The Balaban J connectivity index is 1.87. The third kappa shape index (κ3) is 2.01. The van der Waals surface area contributed by atoms with E-state index in [0.29, 0.717) is 5.92 Å². The van der Waals surface area contributed by atoms with E-state index in [1.54, 1.807) is 6.07 Å². The van der Waals surface area contributed by atoms with Crippen LogP contribution in [0.1, 0.15) is 42.0 Å². The van der Waals surface area contributed by atoms with E-state index in [4.69, 9.17) is 0 Å². The van der Waals surface area contributed by atoms with Gasteiger partial charge in [0.1, 0.15) is 5.82 Å². The average molecular weight is 307 g/mol. The van der Waals surface area contributed by atoms with Crippen molar-refractivity contribution in [3.05, 3.63) is 41.1 Å². The second-order valence-corrected chi connectivity index (χ2v) is 5.94. The molecule has 1 N–H and O–H groups in total. The fourth-order valence-electron chi connectivity index (χ4n) is 3.28. The summed E-state index contributed by atoms with van der Waals surface area (Å²) in [6.45, 7) is 0.765. The Morgan fingerprint density at radius 3 is 2.64 bits per heavy atom. The zero-order valence-electron chi connectivity index (χ0n) is 12.0. The van der Waals surface area contributed by atoms with E-state index in [-0.39, 0.29) is 5.69 Å². The molecule has 0 bridgehead atoms. The Morgan fingerprint density at radius 2 is 1.95 bits per heavy atom. The predicted molar refractivity (Wildman–Crippen MR) is 77.4 cm³/mol.